The number of nitrogens with zero attached hydrogens (tertiary/aromatic N) is 3. The highest BCUT2D eigenvalue weighted by Gasteiger charge is 2.18. The number of rotatable bonds is 7. The van der Waals surface area contributed by atoms with Crippen molar-refractivity contribution in [2.75, 3.05) is 20.3 Å². The minimum atomic E-state index is -0.414. The first kappa shape index (κ1) is 21.0. The summed E-state index contributed by atoms with van der Waals surface area (Å²) < 4.78 is 20.9. The fraction of sp³-hybridized carbons (Fsp3) is 0.174. The number of methoxy groups -OCH3 is 1. The van der Waals surface area contributed by atoms with Crippen LogP contribution in [0.2, 0.25) is 5.02 Å². The quantitative estimate of drug-likeness (QED) is 0.427. The molecule has 8 heteroatoms. The van der Waals surface area contributed by atoms with Crippen LogP contribution >= 0.6 is 11.6 Å². The van der Waals surface area contributed by atoms with Gasteiger partial charge in [0.1, 0.15) is 11.5 Å². The second-order valence-corrected chi connectivity index (χ2v) is 7.35. The van der Waals surface area contributed by atoms with Crippen LogP contribution in [-0.4, -0.2) is 40.8 Å². The maximum atomic E-state index is 14.4. The Morgan fingerprint density at radius 1 is 1.13 bits per heavy atom. The Bertz CT molecular complexity index is 1220. The first-order valence-corrected chi connectivity index (χ1v) is 10.1. The van der Waals surface area contributed by atoms with Crippen molar-refractivity contribution in [2.45, 2.75) is 6.42 Å². The van der Waals surface area contributed by atoms with Gasteiger partial charge in [0.15, 0.2) is 5.65 Å². The van der Waals surface area contributed by atoms with Gasteiger partial charge < -0.3 is 10.1 Å². The molecule has 1 amide bonds. The first-order valence-electron chi connectivity index (χ1n) is 9.75. The number of carbonyl (C=O) groups excluding carboxylic acids is 1. The Labute approximate surface area is 183 Å². The number of amides is 1. The summed E-state index contributed by atoms with van der Waals surface area (Å²) in [5.74, 6) is -0.741. The highest BCUT2D eigenvalue weighted by molar-refractivity contribution is 6.30. The standard InChI is InChI=1S/C23H20ClFN4O2/c1-31-12-4-11-26-23(30)21-13-20(17-5-2-3-6-18(17)25)27-22-14-19(28-29(21)22)15-7-9-16(24)10-8-15/h2-3,5-10,13-14H,4,11-12H2,1H3,(H,26,30). The number of nitrogens with one attached hydrogen (secondary N) is 1. The summed E-state index contributed by atoms with van der Waals surface area (Å²) >= 11 is 5.98. The molecule has 0 spiro atoms. The lowest BCUT2D eigenvalue weighted by Crippen LogP contribution is -2.27. The van der Waals surface area contributed by atoms with Crippen LogP contribution in [0.1, 0.15) is 16.9 Å². The Morgan fingerprint density at radius 2 is 1.90 bits per heavy atom. The molecule has 2 aromatic carbocycles. The molecule has 0 saturated heterocycles. The van der Waals surface area contributed by atoms with E-state index in [1.165, 1.54) is 10.6 Å². The van der Waals surface area contributed by atoms with Gasteiger partial charge >= 0.3 is 0 Å². The molecule has 158 valence electrons. The molecule has 31 heavy (non-hydrogen) atoms. The van der Waals surface area contributed by atoms with E-state index in [9.17, 15) is 9.18 Å². The minimum absolute atomic E-state index is 0.265. The van der Waals surface area contributed by atoms with E-state index in [4.69, 9.17) is 16.3 Å². The van der Waals surface area contributed by atoms with Crippen molar-refractivity contribution in [3.8, 4) is 22.5 Å². The molecule has 0 aliphatic carbocycles. The van der Waals surface area contributed by atoms with Crippen molar-refractivity contribution in [3.05, 3.63) is 77.2 Å². The van der Waals surface area contributed by atoms with Crippen LogP contribution in [0, 0.1) is 5.82 Å². The van der Waals surface area contributed by atoms with Crippen molar-refractivity contribution in [2.24, 2.45) is 0 Å². The first-order chi connectivity index (χ1) is 15.1. The Balaban J connectivity index is 1.80. The third kappa shape index (κ3) is 4.57. The van der Waals surface area contributed by atoms with Crippen LogP contribution < -0.4 is 5.32 Å². The summed E-state index contributed by atoms with van der Waals surface area (Å²) in [6, 6.07) is 16.9. The number of hydrogen-bond donors (Lipinski definition) is 1. The van der Waals surface area contributed by atoms with Gasteiger partial charge in [-0.2, -0.15) is 5.10 Å². The highest BCUT2D eigenvalue weighted by atomic mass is 35.5. The lowest BCUT2D eigenvalue weighted by Gasteiger charge is -2.09. The molecule has 0 radical (unpaired) electrons. The monoisotopic (exact) mass is 438 g/mol. The second-order valence-electron chi connectivity index (χ2n) is 6.92. The Hall–Kier alpha value is -3.29. The summed E-state index contributed by atoms with van der Waals surface area (Å²) in [4.78, 5) is 17.5. The molecule has 0 unspecified atom stereocenters. The molecule has 4 aromatic rings. The van der Waals surface area contributed by atoms with Crippen molar-refractivity contribution < 1.29 is 13.9 Å². The fourth-order valence-electron chi connectivity index (χ4n) is 3.21. The zero-order valence-corrected chi connectivity index (χ0v) is 17.6. The van der Waals surface area contributed by atoms with Gasteiger partial charge in [0.05, 0.1) is 11.4 Å². The zero-order chi connectivity index (χ0) is 21.8. The number of aromatic nitrogens is 3. The van der Waals surface area contributed by atoms with Crippen molar-refractivity contribution in [1.82, 2.24) is 19.9 Å². The summed E-state index contributed by atoms with van der Waals surface area (Å²) in [5, 5.41) is 8.04. The number of fused-ring (bicyclic) bond motifs is 1. The number of halogens is 2. The average molecular weight is 439 g/mol. The molecular formula is C23H20ClFN4O2. The lowest BCUT2D eigenvalue weighted by atomic mass is 10.1. The lowest BCUT2D eigenvalue weighted by molar-refractivity contribution is 0.0941. The predicted octanol–water partition coefficient (Wildman–Crippen LogP) is 4.62. The van der Waals surface area contributed by atoms with E-state index >= 15 is 0 Å². The molecular weight excluding hydrogens is 419 g/mol. The minimum Gasteiger partial charge on any atom is -0.385 e. The average Bonchev–Trinajstić information content (AvgIpc) is 3.21. The number of hydrogen-bond acceptors (Lipinski definition) is 4. The SMILES string of the molecule is COCCCNC(=O)c1cc(-c2ccccc2F)nc2cc(-c3ccc(Cl)cc3)nn12. The molecule has 1 N–H and O–H groups in total. The molecule has 0 aliphatic heterocycles. The third-order valence-corrected chi connectivity index (χ3v) is 5.01. The topological polar surface area (TPSA) is 68.5 Å². The van der Waals surface area contributed by atoms with E-state index in [0.29, 0.717) is 47.2 Å². The number of carbonyl (C=O) groups is 1. The van der Waals surface area contributed by atoms with Gasteiger partial charge in [-0.05, 0) is 36.8 Å². The summed E-state index contributed by atoms with van der Waals surface area (Å²) in [6.45, 7) is 0.978. The van der Waals surface area contributed by atoms with Gasteiger partial charge in [0, 0.05) is 42.5 Å². The van der Waals surface area contributed by atoms with Gasteiger partial charge in [-0.25, -0.2) is 13.9 Å². The largest absolute Gasteiger partial charge is 0.385 e. The van der Waals surface area contributed by atoms with Crippen molar-refractivity contribution >= 4 is 23.2 Å². The van der Waals surface area contributed by atoms with E-state index in [-0.39, 0.29) is 11.6 Å². The van der Waals surface area contributed by atoms with Crippen molar-refractivity contribution in [1.29, 1.82) is 0 Å². The number of ether oxygens (including phenoxy) is 1. The molecule has 0 atom stereocenters. The van der Waals surface area contributed by atoms with Gasteiger partial charge in [0.2, 0.25) is 0 Å². The van der Waals surface area contributed by atoms with Gasteiger partial charge in [-0.3, -0.25) is 4.79 Å². The van der Waals surface area contributed by atoms with E-state index in [1.54, 1.807) is 49.6 Å². The normalized spacial score (nSPS) is 11.1. The van der Waals surface area contributed by atoms with Crippen LogP contribution in [0.5, 0.6) is 0 Å². The van der Waals surface area contributed by atoms with E-state index in [1.807, 2.05) is 12.1 Å². The van der Waals surface area contributed by atoms with E-state index in [2.05, 4.69) is 15.4 Å². The molecule has 6 nitrogen and oxygen atoms in total. The maximum absolute atomic E-state index is 14.4. The molecule has 0 bridgehead atoms. The molecule has 0 fully saturated rings. The molecule has 2 heterocycles. The van der Waals surface area contributed by atoms with Crippen molar-refractivity contribution in [3.63, 3.8) is 0 Å². The summed E-state index contributed by atoms with van der Waals surface area (Å²) in [7, 11) is 1.61. The smallest absolute Gasteiger partial charge is 0.270 e. The maximum Gasteiger partial charge on any atom is 0.270 e. The third-order valence-electron chi connectivity index (χ3n) is 4.76. The van der Waals surface area contributed by atoms with E-state index < -0.39 is 5.82 Å². The van der Waals surface area contributed by atoms with Crippen LogP contribution in [0.3, 0.4) is 0 Å². The van der Waals surface area contributed by atoms with Crippen LogP contribution in [0.4, 0.5) is 4.39 Å². The summed E-state index contributed by atoms with van der Waals surface area (Å²) in [6.07, 6.45) is 0.672. The fourth-order valence-corrected chi connectivity index (χ4v) is 3.34. The van der Waals surface area contributed by atoms with Gasteiger partial charge in [-0.15, -0.1) is 0 Å². The Kier molecular flexibility index (Phi) is 6.25. The molecule has 4 rings (SSSR count). The number of benzene rings is 2. The summed E-state index contributed by atoms with van der Waals surface area (Å²) in [5.41, 5.74) is 2.83. The second kappa shape index (κ2) is 9.24. The highest BCUT2D eigenvalue weighted by Crippen LogP contribution is 2.26. The van der Waals surface area contributed by atoms with E-state index in [0.717, 1.165) is 5.56 Å². The van der Waals surface area contributed by atoms with Gasteiger partial charge in [-0.1, -0.05) is 35.9 Å². The van der Waals surface area contributed by atoms with Crippen LogP contribution in [0.25, 0.3) is 28.2 Å². The van der Waals surface area contributed by atoms with Gasteiger partial charge in [0.25, 0.3) is 5.91 Å². The molecule has 0 saturated carbocycles. The van der Waals surface area contributed by atoms with Crippen LogP contribution in [-0.2, 0) is 4.74 Å². The predicted molar refractivity (Wildman–Crippen MR) is 118 cm³/mol. The molecule has 2 aromatic heterocycles. The zero-order valence-electron chi connectivity index (χ0n) is 16.8. The Morgan fingerprint density at radius 3 is 2.65 bits per heavy atom. The van der Waals surface area contributed by atoms with Crippen LogP contribution in [0.15, 0.2) is 60.7 Å². The molecule has 0 aliphatic rings.